The second-order valence-corrected chi connectivity index (χ2v) is 7.11. The van der Waals surface area contributed by atoms with E-state index in [4.69, 9.17) is 9.84 Å². The first kappa shape index (κ1) is 16.8. The Morgan fingerprint density at radius 3 is 2.27 bits per heavy atom. The summed E-state index contributed by atoms with van der Waals surface area (Å²) in [6, 6.07) is 7.50. The molecule has 1 amide bonds. The van der Waals surface area contributed by atoms with Gasteiger partial charge in [-0.15, -0.1) is 0 Å². The van der Waals surface area contributed by atoms with Crippen LogP contribution in [0.5, 0.6) is 5.75 Å². The molecule has 1 saturated carbocycles. The van der Waals surface area contributed by atoms with Gasteiger partial charge in [0.1, 0.15) is 11.4 Å². The lowest BCUT2D eigenvalue weighted by Gasteiger charge is -2.28. The van der Waals surface area contributed by atoms with Gasteiger partial charge in [0.2, 0.25) is 0 Å². The van der Waals surface area contributed by atoms with Crippen LogP contribution in [0.4, 0.5) is 0 Å². The third kappa shape index (κ3) is 5.02. The predicted molar refractivity (Wildman–Crippen MR) is 87.1 cm³/mol. The molecule has 0 heterocycles. The third-order valence-electron chi connectivity index (χ3n) is 3.98. The number of nitrogens with one attached hydrogen (secondary N) is 1. The largest absolute Gasteiger partial charge is 0.488 e. The Bertz CT molecular complexity index is 482. The number of aliphatic hydroxyl groups is 1. The zero-order chi connectivity index (χ0) is 16.2. The van der Waals surface area contributed by atoms with Gasteiger partial charge in [-0.3, -0.25) is 4.79 Å². The molecule has 1 fully saturated rings. The van der Waals surface area contributed by atoms with E-state index in [1.165, 1.54) is 0 Å². The number of benzene rings is 1. The second kappa shape index (κ2) is 7.14. The van der Waals surface area contributed by atoms with E-state index in [0.717, 1.165) is 31.4 Å². The zero-order valence-corrected chi connectivity index (χ0v) is 13.8. The van der Waals surface area contributed by atoms with Gasteiger partial charge in [0.25, 0.3) is 5.91 Å². The Morgan fingerprint density at radius 2 is 1.77 bits per heavy atom. The zero-order valence-electron chi connectivity index (χ0n) is 13.8. The summed E-state index contributed by atoms with van der Waals surface area (Å²) in [5.41, 5.74) is 0.417. The first-order valence-electron chi connectivity index (χ1n) is 8.08. The summed E-state index contributed by atoms with van der Waals surface area (Å²) in [5.74, 6) is 1.14. The minimum atomic E-state index is -0.241. The summed E-state index contributed by atoms with van der Waals surface area (Å²) in [6.45, 7) is 6.25. The van der Waals surface area contributed by atoms with Crippen LogP contribution < -0.4 is 10.1 Å². The molecule has 0 aliphatic heterocycles. The van der Waals surface area contributed by atoms with Crippen molar-refractivity contribution in [3.05, 3.63) is 29.8 Å². The van der Waals surface area contributed by atoms with E-state index < -0.39 is 0 Å². The Morgan fingerprint density at radius 1 is 1.18 bits per heavy atom. The van der Waals surface area contributed by atoms with E-state index in [1.54, 1.807) is 12.1 Å². The molecule has 2 rings (SSSR count). The molecule has 1 aliphatic carbocycles. The SMILES string of the molecule is CC(C)(C)Oc1ccc(C(=O)NC2CCC(CO)CC2)cc1. The highest BCUT2D eigenvalue weighted by Crippen LogP contribution is 2.24. The standard InChI is InChI=1S/C18H27NO3/c1-18(2,3)22-16-10-6-14(7-11-16)17(21)19-15-8-4-13(12-20)5-9-15/h6-7,10-11,13,15,20H,4-5,8-9,12H2,1-3H3,(H,19,21). The van der Waals surface area contributed by atoms with Gasteiger partial charge < -0.3 is 15.2 Å². The van der Waals surface area contributed by atoms with Crippen LogP contribution in [0.2, 0.25) is 0 Å². The summed E-state index contributed by atoms with van der Waals surface area (Å²) < 4.78 is 5.76. The van der Waals surface area contributed by atoms with Gasteiger partial charge in [0.05, 0.1) is 0 Å². The van der Waals surface area contributed by atoms with Crippen molar-refractivity contribution in [1.29, 1.82) is 0 Å². The lowest BCUT2D eigenvalue weighted by molar-refractivity contribution is 0.0914. The minimum Gasteiger partial charge on any atom is -0.488 e. The average molecular weight is 305 g/mol. The van der Waals surface area contributed by atoms with Gasteiger partial charge in [-0.2, -0.15) is 0 Å². The number of aliphatic hydroxyl groups excluding tert-OH is 1. The molecule has 0 spiro atoms. The lowest BCUT2D eigenvalue weighted by Crippen LogP contribution is -2.38. The molecule has 2 N–H and O–H groups in total. The number of carbonyl (C=O) groups excluding carboxylic acids is 1. The molecule has 122 valence electrons. The highest BCUT2D eigenvalue weighted by atomic mass is 16.5. The summed E-state index contributed by atoms with van der Waals surface area (Å²) in [6.07, 6.45) is 3.87. The molecule has 0 saturated heterocycles. The van der Waals surface area contributed by atoms with Gasteiger partial charge in [0, 0.05) is 18.2 Å². The smallest absolute Gasteiger partial charge is 0.251 e. The highest BCUT2D eigenvalue weighted by Gasteiger charge is 2.22. The van der Waals surface area contributed by atoms with Crippen molar-refractivity contribution in [2.45, 2.75) is 58.1 Å². The number of amides is 1. The molecule has 1 aromatic rings. The second-order valence-electron chi connectivity index (χ2n) is 7.11. The van der Waals surface area contributed by atoms with E-state index in [1.807, 2.05) is 32.9 Å². The number of hydrogen-bond acceptors (Lipinski definition) is 3. The van der Waals surface area contributed by atoms with E-state index >= 15 is 0 Å². The monoisotopic (exact) mass is 305 g/mol. The van der Waals surface area contributed by atoms with Crippen molar-refractivity contribution in [1.82, 2.24) is 5.32 Å². The molecule has 0 aromatic heterocycles. The average Bonchev–Trinajstić information content (AvgIpc) is 2.47. The Balaban J connectivity index is 1.88. The summed E-state index contributed by atoms with van der Waals surface area (Å²) in [4.78, 5) is 12.3. The van der Waals surface area contributed by atoms with Crippen LogP contribution in [0.15, 0.2) is 24.3 Å². The van der Waals surface area contributed by atoms with Crippen molar-refractivity contribution < 1.29 is 14.6 Å². The van der Waals surface area contributed by atoms with Crippen LogP contribution in [0.3, 0.4) is 0 Å². The lowest BCUT2D eigenvalue weighted by atomic mass is 9.86. The summed E-state index contributed by atoms with van der Waals surface area (Å²) >= 11 is 0. The van der Waals surface area contributed by atoms with E-state index in [-0.39, 0.29) is 24.2 Å². The fourth-order valence-electron chi connectivity index (χ4n) is 2.79. The molecular weight excluding hydrogens is 278 g/mol. The Kier molecular flexibility index (Phi) is 5.46. The van der Waals surface area contributed by atoms with Crippen LogP contribution in [-0.2, 0) is 0 Å². The van der Waals surface area contributed by atoms with Crippen molar-refractivity contribution in [3.63, 3.8) is 0 Å². The van der Waals surface area contributed by atoms with Gasteiger partial charge in [-0.1, -0.05) is 0 Å². The molecule has 22 heavy (non-hydrogen) atoms. The number of hydrogen-bond donors (Lipinski definition) is 2. The predicted octanol–water partition coefficient (Wildman–Crippen LogP) is 3.14. The van der Waals surface area contributed by atoms with Crippen LogP contribution in [-0.4, -0.2) is 29.3 Å². The molecule has 4 nitrogen and oxygen atoms in total. The molecule has 0 atom stereocenters. The van der Waals surface area contributed by atoms with Gasteiger partial charge in [-0.05, 0) is 76.6 Å². The summed E-state index contributed by atoms with van der Waals surface area (Å²) in [5, 5.41) is 12.2. The van der Waals surface area contributed by atoms with Crippen molar-refractivity contribution in [3.8, 4) is 5.75 Å². The maximum Gasteiger partial charge on any atom is 0.251 e. The maximum absolute atomic E-state index is 12.3. The molecule has 1 aliphatic rings. The first-order chi connectivity index (χ1) is 10.4. The number of carbonyl (C=O) groups is 1. The molecule has 0 bridgehead atoms. The van der Waals surface area contributed by atoms with E-state index in [2.05, 4.69) is 5.32 Å². The fourth-order valence-corrected chi connectivity index (χ4v) is 2.79. The first-order valence-corrected chi connectivity index (χ1v) is 8.08. The summed E-state index contributed by atoms with van der Waals surface area (Å²) in [7, 11) is 0. The normalized spacial score (nSPS) is 22.2. The number of rotatable bonds is 4. The topological polar surface area (TPSA) is 58.6 Å². The Labute approximate surface area is 132 Å². The van der Waals surface area contributed by atoms with Crippen molar-refractivity contribution in [2.75, 3.05) is 6.61 Å². The molecular formula is C18H27NO3. The van der Waals surface area contributed by atoms with Gasteiger partial charge in [-0.25, -0.2) is 0 Å². The molecule has 4 heteroatoms. The van der Waals surface area contributed by atoms with Gasteiger partial charge >= 0.3 is 0 Å². The van der Waals surface area contributed by atoms with Crippen LogP contribution in [0, 0.1) is 5.92 Å². The van der Waals surface area contributed by atoms with Crippen LogP contribution in [0.1, 0.15) is 56.8 Å². The van der Waals surface area contributed by atoms with Crippen molar-refractivity contribution >= 4 is 5.91 Å². The van der Waals surface area contributed by atoms with Crippen LogP contribution in [0.25, 0.3) is 0 Å². The fraction of sp³-hybridized carbons (Fsp3) is 0.611. The van der Waals surface area contributed by atoms with E-state index in [9.17, 15) is 4.79 Å². The maximum atomic E-state index is 12.3. The number of ether oxygens (including phenoxy) is 1. The molecule has 1 aromatic carbocycles. The van der Waals surface area contributed by atoms with Crippen LogP contribution >= 0.6 is 0 Å². The Hall–Kier alpha value is -1.55. The molecule has 0 radical (unpaired) electrons. The van der Waals surface area contributed by atoms with E-state index in [0.29, 0.717) is 11.5 Å². The third-order valence-corrected chi connectivity index (χ3v) is 3.98. The molecule has 0 unspecified atom stereocenters. The highest BCUT2D eigenvalue weighted by molar-refractivity contribution is 5.94. The van der Waals surface area contributed by atoms with Crippen molar-refractivity contribution in [2.24, 2.45) is 5.92 Å². The van der Waals surface area contributed by atoms with Gasteiger partial charge in [0.15, 0.2) is 0 Å². The quantitative estimate of drug-likeness (QED) is 0.898. The minimum absolute atomic E-state index is 0.0326.